The van der Waals surface area contributed by atoms with Crippen LogP contribution in [0.1, 0.15) is 11.3 Å². The molecule has 0 radical (unpaired) electrons. The van der Waals surface area contributed by atoms with E-state index in [-0.39, 0.29) is 5.82 Å². The van der Waals surface area contributed by atoms with Gasteiger partial charge in [0.05, 0.1) is 11.0 Å². The molecule has 4 rings (SSSR count). The molecule has 24 heavy (non-hydrogen) atoms. The van der Waals surface area contributed by atoms with Gasteiger partial charge in [-0.2, -0.15) is 0 Å². The van der Waals surface area contributed by atoms with Crippen LogP contribution in [0.5, 0.6) is 0 Å². The summed E-state index contributed by atoms with van der Waals surface area (Å²) in [6, 6.07) is 15.8. The molecule has 0 unspecified atom stereocenters. The Kier molecular flexibility index (Phi) is 3.62. The van der Waals surface area contributed by atoms with E-state index >= 15 is 0 Å². The second-order valence-corrected chi connectivity index (χ2v) is 6.13. The van der Waals surface area contributed by atoms with Crippen LogP contribution in [0.15, 0.2) is 59.0 Å². The topological polar surface area (TPSA) is 31.0 Å². The number of halogens is 2. The van der Waals surface area contributed by atoms with Crippen LogP contribution in [0, 0.1) is 12.7 Å². The van der Waals surface area contributed by atoms with Gasteiger partial charge in [0.1, 0.15) is 11.6 Å². The maximum Gasteiger partial charge on any atom is 0.177 e. The molecule has 0 amide bonds. The highest BCUT2D eigenvalue weighted by molar-refractivity contribution is 6.31. The molecule has 0 aliphatic heterocycles. The maximum absolute atomic E-state index is 13.2. The van der Waals surface area contributed by atoms with Crippen molar-refractivity contribution in [3.63, 3.8) is 0 Å². The maximum atomic E-state index is 13.2. The lowest BCUT2D eigenvalue weighted by molar-refractivity contribution is 0.540. The summed E-state index contributed by atoms with van der Waals surface area (Å²) in [4.78, 5) is 4.69. The van der Waals surface area contributed by atoms with Gasteiger partial charge in [-0.3, -0.25) is 0 Å². The number of furan rings is 1. The van der Waals surface area contributed by atoms with Crippen LogP contribution in [0.2, 0.25) is 5.02 Å². The Labute approximate surface area is 143 Å². The fraction of sp³-hybridized carbons (Fsp3) is 0.105. The number of rotatable bonds is 3. The summed E-state index contributed by atoms with van der Waals surface area (Å²) in [5, 5.41) is 0.643. The summed E-state index contributed by atoms with van der Waals surface area (Å²) in [7, 11) is 0. The van der Waals surface area contributed by atoms with Crippen LogP contribution in [0.4, 0.5) is 4.39 Å². The van der Waals surface area contributed by atoms with Crippen LogP contribution in [-0.2, 0) is 6.54 Å². The number of aryl methyl sites for hydroxylation is 1. The number of benzene rings is 2. The van der Waals surface area contributed by atoms with Gasteiger partial charge >= 0.3 is 0 Å². The SMILES string of the molecule is Cc1ccc(-c2nc3ccc(Cl)cc3n2Cc2ccc(F)cc2)o1. The van der Waals surface area contributed by atoms with E-state index in [9.17, 15) is 4.39 Å². The monoisotopic (exact) mass is 340 g/mol. The largest absolute Gasteiger partial charge is 0.458 e. The zero-order valence-corrected chi connectivity index (χ0v) is 13.7. The number of fused-ring (bicyclic) bond motifs is 1. The summed E-state index contributed by atoms with van der Waals surface area (Å²) in [5.74, 6) is 1.99. The zero-order chi connectivity index (χ0) is 16.7. The van der Waals surface area contributed by atoms with Gasteiger partial charge in [-0.25, -0.2) is 9.37 Å². The molecular weight excluding hydrogens is 327 g/mol. The van der Waals surface area contributed by atoms with Crippen molar-refractivity contribution in [2.24, 2.45) is 0 Å². The summed E-state index contributed by atoms with van der Waals surface area (Å²) < 4.78 is 21.0. The first-order chi connectivity index (χ1) is 11.6. The number of aromatic nitrogens is 2. The predicted octanol–water partition coefficient (Wildman–Crippen LogP) is 5.45. The predicted molar refractivity (Wildman–Crippen MR) is 92.7 cm³/mol. The molecule has 3 nitrogen and oxygen atoms in total. The Morgan fingerprint density at radius 1 is 1.08 bits per heavy atom. The van der Waals surface area contributed by atoms with E-state index in [0.29, 0.717) is 17.3 Å². The van der Waals surface area contributed by atoms with E-state index in [1.807, 2.05) is 41.8 Å². The van der Waals surface area contributed by atoms with Crippen molar-refractivity contribution in [3.8, 4) is 11.6 Å². The molecule has 2 aromatic carbocycles. The molecule has 0 atom stereocenters. The Morgan fingerprint density at radius 3 is 2.58 bits per heavy atom. The molecular formula is C19H14ClFN2O. The van der Waals surface area contributed by atoms with Crippen molar-refractivity contribution in [2.45, 2.75) is 13.5 Å². The Morgan fingerprint density at radius 2 is 1.88 bits per heavy atom. The number of hydrogen-bond acceptors (Lipinski definition) is 2. The summed E-state index contributed by atoms with van der Waals surface area (Å²) in [5.41, 5.74) is 2.72. The van der Waals surface area contributed by atoms with Crippen LogP contribution >= 0.6 is 11.6 Å². The molecule has 0 N–H and O–H groups in total. The molecule has 0 saturated heterocycles. The van der Waals surface area contributed by atoms with E-state index in [4.69, 9.17) is 16.0 Å². The van der Waals surface area contributed by atoms with E-state index in [2.05, 4.69) is 4.98 Å². The fourth-order valence-corrected chi connectivity index (χ4v) is 2.94. The number of hydrogen-bond donors (Lipinski definition) is 0. The molecule has 0 aliphatic rings. The van der Waals surface area contributed by atoms with Crippen LogP contribution in [0.25, 0.3) is 22.6 Å². The van der Waals surface area contributed by atoms with E-state index < -0.39 is 0 Å². The van der Waals surface area contributed by atoms with E-state index in [1.165, 1.54) is 12.1 Å². The van der Waals surface area contributed by atoms with Gasteiger partial charge < -0.3 is 8.98 Å². The smallest absolute Gasteiger partial charge is 0.177 e. The standard InChI is InChI=1S/C19H14ClFN2O/c1-12-2-9-18(24-12)19-22-16-8-5-14(20)10-17(16)23(19)11-13-3-6-15(21)7-4-13/h2-10H,11H2,1H3. The van der Waals surface area contributed by atoms with Crippen molar-refractivity contribution in [3.05, 3.63) is 76.8 Å². The number of imidazole rings is 1. The lowest BCUT2D eigenvalue weighted by atomic mass is 10.2. The van der Waals surface area contributed by atoms with Crippen LogP contribution in [0.3, 0.4) is 0 Å². The van der Waals surface area contributed by atoms with Crippen molar-refractivity contribution in [1.82, 2.24) is 9.55 Å². The van der Waals surface area contributed by atoms with Crippen molar-refractivity contribution in [2.75, 3.05) is 0 Å². The highest BCUT2D eigenvalue weighted by Crippen LogP contribution is 2.29. The molecule has 2 aromatic heterocycles. The Bertz CT molecular complexity index is 1020. The van der Waals surface area contributed by atoms with Gasteiger partial charge in [-0.15, -0.1) is 0 Å². The summed E-state index contributed by atoms with van der Waals surface area (Å²) in [6.07, 6.45) is 0. The van der Waals surface area contributed by atoms with Crippen molar-refractivity contribution < 1.29 is 8.81 Å². The molecule has 5 heteroatoms. The average Bonchev–Trinajstić information content (AvgIpc) is 3.14. The molecule has 0 aliphatic carbocycles. The highest BCUT2D eigenvalue weighted by atomic mass is 35.5. The molecule has 0 fully saturated rings. The number of nitrogens with zero attached hydrogens (tertiary/aromatic N) is 2. The van der Waals surface area contributed by atoms with Gasteiger partial charge in [0.2, 0.25) is 0 Å². The van der Waals surface area contributed by atoms with Gasteiger partial charge in [0.25, 0.3) is 0 Å². The van der Waals surface area contributed by atoms with Crippen molar-refractivity contribution in [1.29, 1.82) is 0 Å². The fourth-order valence-electron chi connectivity index (χ4n) is 2.77. The first-order valence-electron chi connectivity index (χ1n) is 7.57. The van der Waals surface area contributed by atoms with Gasteiger partial charge in [0.15, 0.2) is 11.6 Å². The summed E-state index contributed by atoms with van der Waals surface area (Å²) >= 11 is 6.16. The first kappa shape index (κ1) is 15.0. The zero-order valence-electron chi connectivity index (χ0n) is 13.0. The molecule has 120 valence electrons. The third-order valence-electron chi connectivity index (χ3n) is 3.92. The van der Waals surface area contributed by atoms with E-state index in [1.54, 1.807) is 12.1 Å². The van der Waals surface area contributed by atoms with Crippen molar-refractivity contribution >= 4 is 22.6 Å². The van der Waals surface area contributed by atoms with Crippen LogP contribution < -0.4 is 0 Å². The first-order valence-corrected chi connectivity index (χ1v) is 7.95. The van der Waals surface area contributed by atoms with Gasteiger partial charge in [0, 0.05) is 11.6 Å². The summed E-state index contributed by atoms with van der Waals surface area (Å²) in [6.45, 7) is 2.44. The lowest BCUT2D eigenvalue weighted by Gasteiger charge is -2.08. The van der Waals surface area contributed by atoms with Gasteiger partial charge in [-0.05, 0) is 55.0 Å². The second kappa shape index (κ2) is 5.80. The molecule has 2 heterocycles. The minimum absolute atomic E-state index is 0.251. The average molecular weight is 341 g/mol. The molecule has 0 bridgehead atoms. The molecule has 0 saturated carbocycles. The lowest BCUT2D eigenvalue weighted by Crippen LogP contribution is -2.02. The van der Waals surface area contributed by atoms with E-state index in [0.717, 1.165) is 28.2 Å². The Balaban J connectivity index is 1.89. The second-order valence-electron chi connectivity index (χ2n) is 5.69. The quantitative estimate of drug-likeness (QED) is 0.497. The van der Waals surface area contributed by atoms with Gasteiger partial charge in [-0.1, -0.05) is 23.7 Å². The molecule has 0 spiro atoms. The normalized spacial score (nSPS) is 11.3. The van der Waals surface area contributed by atoms with Crippen LogP contribution in [-0.4, -0.2) is 9.55 Å². The molecule has 4 aromatic rings. The minimum Gasteiger partial charge on any atom is -0.458 e. The minimum atomic E-state index is -0.251. The highest BCUT2D eigenvalue weighted by Gasteiger charge is 2.16. The Hall–Kier alpha value is -2.59. The third-order valence-corrected chi connectivity index (χ3v) is 4.16. The third kappa shape index (κ3) is 2.69.